The Morgan fingerprint density at radius 2 is 1.14 bits per heavy atom. The predicted molar refractivity (Wildman–Crippen MR) is 100 cm³/mol. The summed E-state index contributed by atoms with van der Waals surface area (Å²) in [5.41, 5.74) is 3.51. The smallest absolute Gasteiger partial charge is 0.0908 e. The van der Waals surface area contributed by atoms with Gasteiger partial charge in [0.15, 0.2) is 0 Å². The Kier molecular flexibility index (Phi) is 8.16. The second-order valence-corrected chi connectivity index (χ2v) is 5.35. The van der Waals surface area contributed by atoms with Gasteiger partial charge in [0.1, 0.15) is 0 Å². The third-order valence-corrected chi connectivity index (χ3v) is 3.84. The monoisotopic (exact) mass is 311 g/mol. The van der Waals surface area contributed by atoms with Crippen LogP contribution in [0.3, 0.4) is 0 Å². The lowest BCUT2D eigenvalue weighted by Gasteiger charge is -2.02. The second-order valence-electron chi connectivity index (χ2n) is 4.14. The minimum Gasteiger partial charge on any atom is -0.241 e. The molecule has 0 saturated carbocycles. The molecule has 0 radical (unpaired) electrons. The predicted octanol–water partition coefficient (Wildman–Crippen LogP) is 6.84. The van der Waals surface area contributed by atoms with Gasteiger partial charge in [-0.15, -0.1) is 11.3 Å². The van der Waals surface area contributed by atoms with Crippen LogP contribution in [0.25, 0.3) is 21.7 Å². The molecule has 0 aliphatic carbocycles. The zero-order chi connectivity index (χ0) is 16.4. The highest BCUT2D eigenvalue weighted by Gasteiger charge is 2.12. The van der Waals surface area contributed by atoms with E-state index in [1.165, 1.54) is 16.0 Å². The first-order valence-corrected chi connectivity index (χ1v) is 8.74. The number of thiazole rings is 1. The van der Waals surface area contributed by atoms with Crippen LogP contribution >= 0.6 is 11.3 Å². The van der Waals surface area contributed by atoms with E-state index in [-0.39, 0.29) is 0 Å². The summed E-state index contributed by atoms with van der Waals surface area (Å²) in [5.74, 6) is 0. The molecule has 3 rings (SSSR count). The van der Waals surface area contributed by atoms with Gasteiger partial charge in [-0.25, -0.2) is 4.98 Å². The van der Waals surface area contributed by atoms with Gasteiger partial charge < -0.3 is 0 Å². The van der Waals surface area contributed by atoms with Gasteiger partial charge in [-0.2, -0.15) is 0 Å². The molecule has 0 aliphatic rings. The maximum atomic E-state index is 4.68. The average molecular weight is 311 g/mol. The lowest BCUT2D eigenvalue weighted by atomic mass is 10.1. The SMILES string of the molecule is CC.CC.Cc1nc(-c2ccccc2)c(-c2ccccc2)s1. The summed E-state index contributed by atoms with van der Waals surface area (Å²) < 4.78 is 0. The summed E-state index contributed by atoms with van der Waals surface area (Å²) in [4.78, 5) is 5.93. The number of nitrogens with zero attached hydrogens (tertiary/aromatic N) is 1. The summed E-state index contributed by atoms with van der Waals surface area (Å²) in [7, 11) is 0. The number of hydrogen-bond acceptors (Lipinski definition) is 2. The highest BCUT2D eigenvalue weighted by molar-refractivity contribution is 7.15. The topological polar surface area (TPSA) is 12.9 Å². The zero-order valence-electron chi connectivity index (χ0n) is 14.1. The largest absolute Gasteiger partial charge is 0.241 e. The van der Waals surface area contributed by atoms with E-state index in [1.807, 2.05) is 39.8 Å². The van der Waals surface area contributed by atoms with Crippen molar-refractivity contribution in [3.05, 3.63) is 65.7 Å². The van der Waals surface area contributed by atoms with Crippen molar-refractivity contribution in [1.29, 1.82) is 0 Å². The summed E-state index contributed by atoms with van der Waals surface area (Å²) in [6.45, 7) is 10.1. The summed E-state index contributed by atoms with van der Waals surface area (Å²) >= 11 is 1.75. The maximum Gasteiger partial charge on any atom is 0.0908 e. The van der Waals surface area contributed by atoms with Crippen molar-refractivity contribution in [2.24, 2.45) is 0 Å². The molecule has 1 aromatic heterocycles. The molecule has 1 nitrogen and oxygen atoms in total. The van der Waals surface area contributed by atoms with Crippen molar-refractivity contribution < 1.29 is 0 Å². The Bertz CT molecular complexity index is 585. The zero-order valence-corrected chi connectivity index (χ0v) is 14.9. The fourth-order valence-corrected chi connectivity index (χ4v) is 2.95. The van der Waals surface area contributed by atoms with Gasteiger partial charge in [-0.3, -0.25) is 0 Å². The van der Waals surface area contributed by atoms with Gasteiger partial charge in [0.25, 0.3) is 0 Å². The normalized spacial score (nSPS) is 9.14. The molecule has 116 valence electrons. The van der Waals surface area contributed by atoms with Crippen LogP contribution in [0.15, 0.2) is 60.7 Å². The molecule has 0 unspecified atom stereocenters. The van der Waals surface area contributed by atoms with Gasteiger partial charge >= 0.3 is 0 Å². The van der Waals surface area contributed by atoms with E-state index in [2.05, 4.69) is 60.4 Å². The standard InChI is InChI=1S/C16H13NS.2C2H6/c1-12-17-15(13-8-4-2-5-9-13)16(18-12)14-10-6-3-7-11-14;2*1-2/h2-11H,1H3;2*1-2H3. The highest BCUT2D eigenvalue weighted by atomic mass is 32.1. The molecule has 1 heterocycles. The van der Waals surface area contributed by atoms with Gasteiger partial charge in [-0.05, 0) is 12.5 Å². The number of hydrogen-bond donors (Lipinski definition) is 0. The number of rotatable bonds is 2. The molecule has 0 fully saturated rings. The fourth-order valence-electron chi connectivity index (χ4n) is 2.00. The van der Waals surface area contributed by atoms with E-state index >= 15 is 0 Å². The number of aryl methyl sites for hydroxylation is 1. The first-order chi connectivity index (χ1) is 10.8. The van der Waals surface area contributed by atoms with Crippen LogP contribution in [0.1, 0.15) is 32.7 Å². The van der Waals surface area contributed by atoms with Crippen LogP contribution in [-0.4, -0.2) is 4.98 Å². The van der Waals surface area contributed by atoms with Gasteiger partial charge in [0.2, 0.25) is 0 Å². The van der Waals surface area contributed by atoms with Crippen LogP contribution in [-0.2, 0) is 0 Å². The molecule has 2 heteroatoms. The Labute approximate surface area is 138 Å². The summed E-state index contributed by atoms with van der Waals surface area (Å²) in [5, 5.41) is 1.10. The highest BCUT2D eigenvalue weighted by Crippen LogP contribution is 2.36. The van der Waals surface area contributed by atoms with E-state index in [0.29, 0.717) is 0 Å². The van der Waals surface area contributed by atoms with E-state index in [9.17, 15) is 0 Å². The second kappa shape index (κ2) is 9.91. The van der Waals surface area contributed by atoms with Crippen LogP contribution in [0.5, 0.6) is 0 Å². The van der Waals surface area contributed by atoms with Gasteiger partial charge in [0.05, 0.1) is 15.6 Å². The van der Waals surface area contributed by atoms with E-state index in [1.54, 1.807) is 11.3 Å². The average Bonchev–Trinajstić information content (AvgIpc) is 3.02. The van der Waals surface area contributed by atoms with Gasteiger partial charge in [-0.1, -0.05) is 88.4 Å². The quantitative estimate of drug-likeness (QED) is 0.505. The number of benzene rings is 2. The summed E-state index contributed by atoms with van der Waals surface area (Å²) in [6, 6.07) is 20.8. The van der Waals surface area contributed by atoms with Crippen molar-refractivity contribution in [2.45, 2.75) is 34.6 Å². The minimum absolute atomic E-state index is 1.09. The molecule has 0 bridgehead atoms. The first kappa shape index (κ1) is 18.1. The Hall–Kier alpha value is -1.93. The third-order valence-electron chi connectivity index (χ3n) is 2.82. The number of aromatic nitrogens is 1. The Morgan fingerprint density at radius 1 is 0.682 bits per heavy atom. The molecular weight excluding hydrogens is 286 g/mol. The third kappa shape index (κ3) is 4.54. The maximum absolute atomic E-state index is 4.68. The fraction of sp³-hybridized carbons (Fsp3) is 0.250. The molecule has 2 aromatic carbocycles. The van der Waals surface area contributed by atoms with Crippen LogP contribution in [0.2, 0.25) is 0 Å². The Morgan fingerprint density at radius 3 is 1.64 bits per heavy atom. The van der Waals surface area contributed by atoms with E-state index < -0.39 is 0 Å². The Balaban J connectivity index is 0.000000561. The van der Waals surface area contributed by atoms with Crippen molar-refractivity contribution in [3.63, 3.8) is 0 Å². The van der Waals surface area contributed by atoms with Crippen molar-refractivity contribution in [2.75, 3.05) is 0 Å². The molecule has 0 aliphatic heterocycles. The first-order valence-electron chi connectivity index (χ1n) is 7.93. The van der Waals surface area contributed by atoms with E-state index in [0.717, 1.165) is 10.7 Å². The van der Waals surface area contributed by atoms with Gasteiger partial charge in [0, 0.05) is 5.56 Å². The molecule has 3 aromatic rings. The van der Waals surface area contributed by atoms with Crippen LogP contribution in [0.4, 0.5) is 0 Å². The van der Waals surface area contributed by atoms with E-state index in [4.69, 9.17) is 0 Å². The lowest BCUT2D eigenvalue weighted by molar-refractivity contribution is 1.30. The van der Waals surface area contributed by atoms with Crippen molar-refractivity contribution in [3.8, 4) is 21.7 Å². The molecule has 0 N–H and O–H groups in total. The molecule has 0 saturated heterocycles. The molecule has 0 spiro atoms. The molecular formula is C20H25NS. The molecule has 0 amide bonds. The molecule has 22 heavy (non-hydrogen) atoms. The summed E-state index contributed by atoms with van der Waals surface area (Å²) in [6.07, 6.45) is 0. The molecule has 0 atom stereocenters. The van der Waals surface area contributed by atoms with Crippen molar-refractivity contribution >= 4 is 11.3 Å². The van der Waals surface area contributed by atoms with Crippen LogP contribution < -0.4 is 0 Å². The lowest BCUT2D eigenvalue weighted by Crippen LogP contribution is -1.81. The van der Waals surface area contributed by atoms with Crippen LogP contribution in [0, 0.1) is 6.92 Å². The van der Waals surface area contributed by atoms with Crippen molar-refractivity contribution in [1.82, 2.24) is 4.98 Å². The minimum atomic E-state index is 1.09.